The summed E-state index contributed by atoms with van der Waals surface area (Å²) >= 11 is 0. The molecule has 186 valence electrons. The lowest BCUT2D eigenvalue weighted by molar-refractivity contribution is 0.102. The third kappa shape index (κ3) is 4.62. The number of methoxy groups -OCH3 is 3. The van der Waals surface area contributed by atoms with Crippen molar-refractivity contribution in [2.24, 2.45) is 0 Å². The molecule has 0 radical (unpaired) electrons. The lowest BCUT2D eigenvalue weighted by Gasteiger charge is -2.14. The number of carbonyl (C=O) groups excluding carboxylic acids is 1. The van der Waals surface area contributed by atoms with Gasteiger partial charge in [-0.1, -0.05) is 24.3 Å². The molecule has 1 heterocycles. The average Bonchev–Trinajstić information content (AvgIpc) is 3.42. The monoisotopic (exact) mass is 497 g/mol. The van der Waals surface area contributed by atoms with Gasteiger partial charge in [0.2, 0.25) is 11.6 Å². The summed E-state index contributed by atoms with van der Waals surface area (Å²) in [6.45, 7) is 0. The Hall–Kier alpha value is -5.05. The Bertz CT molecular complexity index is 1570. The summed E-state index contributed by atoms with van der Waals surface area (Å²) in [5.41, 5.74) is 2.02. The van der Waals surface area contributed by atoms with Crippen LogP contribution >= 0.6 is 0 Å². The van der Waals surface area contributed by atoms with Gasteiger partial charge in [-0.25, -0.2) is 0 Å². The fourth-order valence-corrected chi connectivity index (χ4v) is 3.96. The molecule has 4 aromatic carbocycles. The number of ether oxygens (including phenoxy) is 3. The predicted octanol–water partition coefficient (Wildman–Crippen LogP) is 5.54. The number of anilines is 1. The number of hydrogen-bond donors (Lipinski definition) is 2. The zero-order valence-electron chi connectivity index (χ0n) is 20.3. The van der Waals surface area contributed by atoms with E-state index in [-0.39, 0.29) is 23.4 Å². The lowest BCUT2D eigenvalue weighted by atomic mass is 10.1. The summed E-state index contributed by atoms with van der Waals surface area (Å²) in [5.74, 6) is 1.36. The number of phenolic OH excluding ortho intramolecular Hbond substituents is 1. The molecule has 0 atom stereocenters. The van der Waals surface area contributed by atoms with Crippen LogP contribution in [0.2, 0.25) is 0 Å². The van der Waals surface area contributed by atoms with Gasteiger partial charge in [0.25, 0.3) is 11.8 Å². The molecule has 9 heteroatoms. The smallest absolute Gasteiger partial charge is 0.255 e. The molecule has 37 heavy (non-hydrogen) atoms. The molecular weight excluding hydrogens is 474 g/mol. The van der Waals surface area contributed by atoms with Crippen molar-refractivity contribution in [1.29, 1.82) is 0 Å². The van der Waals surface area contributed by atoms with Gasteiger partial charge >= 0.3 is 0 Å². The highest BCUT2D eigenvalue weighted by Gasteiger charge is 2.18. The maximum Gasteiger partial charge on any atom is 0.255 e. The fourth-order valence-electron chi connectivity index (χ4n) is 3.96. The third-order valence-electron chi connectivity index (χ3n) is 5.84. The molecule has 0 unspecified atom stereocenters. The number of amides is 1. The van der Waals surface area contributed by atoms with Crippen LogP contribution in [0.1, 0.15) is 10.4 Å². The van der Waals surface area contributed by atoms with Crippen LogP contribution in [0.4, 0.5) is 5.69 Å². The number of rotatable bonds is 7. The van der Waals surface area contributed by atoms with Crippen molar-refractivity contribution < 1.29 is 28.5 Å². The van der Waals surface area contributed by atoms with Crippen molar-refractivity contribution in [3.63, 3.8) is 0 Å². The van der Waals surface area contributed by atoms with E-state index >= 15 is 0 Å². The minimum atomic E-state index is -0.348. The normalized spacial score (nSPS) is 10.8. The summed E-state index contributed by atoms with van der Waals surface area (Å²) in [6, 6.07) is 21.3. The molecule has 0 aliphatic heterocycles. The lowest BCUT2D eigenvalue weighted by Crippen LogP contribution is -2.12. The Kier molecular flexibility index (Phi) is 6.34. The van der Waals surface area contributed by atoms with Crippen LogP contribution in [0.15, 0.2) is 77.2 Å². The van der Waals surface area contributed by atoms with Gasteiger partial charge in [-0.15, -0.1) is 10.2 Å². The van der Waals surface area contributed by atoms with Gasteiger partial charge in [0, 0.05) is 16.8 Å². The summed E-state index contributed by atoms with van der Waals surface area (Å²) in [5, 5.41) is 23.4. The van der Waals surface area contributed by atoms with Gasteiger partial charge in [-0.2, -0.15) is 0 Å². The molecular formula is C28H23N3O6. The third-order valence-corrected chi connectivity index (χ3v) is 5.84. The largest absolute Gasteiger partial charge is 0.507 e. The number of carbonyl (C=O) groups is 1. The molecule has 2 N–H and O–H groups in total. The molecule has 0 aliphatic carbocycles. The summed E-state index contributed by atoms with van der Waals surface area (Å²) < 4.78 is 21.8. The fraction of sp³-hybridized carbons (Fsp3) is 0.107. The molecule has 0 saturated carbocycles. The van der Waals surface area contributed by atoms with Crippen LogP contribution in [0.3, 0.4) is 0 Å². The summed E-state index contributed by atoms with van der Waals surface area (Å²) in [4.78, 5) is 12.9. The van der Waals surface area contributed by atoms with Gasteiger partial charge in [0.1, 0.15) is 5.75 Å². The molecule has 1 aromatic heterocycles. The van der Waals surface area contributed by atoms with Gasteiger partial charge in [-0.3, -0.25) is 4.79 Å². The first-order valence-electron chi connectivity index (χ1n) is 11.3. The molecule has 0 spiro atoms. The topological polar surface area (TPSA) is 116 Å². The van der Waals surface area contributed by atoms with Crippen molar-refractivity contribution in [2.45, 2.75) is 0 Å². The number of phenols is 1. The summed E-state index contributed by atoms with van der Waals surface area (Å²) in [6.07, 6.45) is 0. The molecule has 0 saturated heterocycles. The number of aromatic nitrogens is 2. The quantitative estimate of drug-likeness (QED) is 0.301. The summed E-state index contributed by atoms with van der Waals surface area (Å²) in [7, 11) is 4.47. The van der Waals surface area contributed by atoms with E-state index in [4.69, 9.17) is 18.6 Å². The number of benzene rings is 4. The number of nitrogens with zero attached hydrogens (tertiary/aromatic N) is 2. The highest BCUT2D eigenvalue weighted by atomic mass is 16.5. The second-order valence-electron chi connectivity index (χ2n) is 8.07. The zero-order valence-corrected chi connectivity index (χ0v) is 20.3. The minimum Gasteiger partial charge on any atom is -0.507 e. The second kappa shape index (κ2) is 9.90. The van der Waals surface area contributed by atoms with Gasteiger partial charge < -0.3 is 29.1 Å². The number of hydrogen-bond acceptors (Lipinski definition) is 8. The Morgan fingerprint density at radius 3 is 2.05 bits per heavy atom. The van der Waals surface area contributed by atoms with Crippen molar-refractivity contribution in [1.82, 2.24) is 10.2 Å². The molecule has 1 amide bonds. The molecule has 9 nitrogen and oxygen atoms in total. The average molecular weight is 498 g/mol. The first-order valence-corrected chi connectivity index (χ1v) is 11.3. The van der Waals surface area contributed by atoms with Gasteiger partial charge in [0.15, 0.2) is 11.5 Å². The van der Waals surface area contributed by atoms with Crippen molar-refractivity contribution in [3.05, 3.63) is 78.4 Å². The van der Waals surface area contributed by atoms with Crippen molar-refractivity contribution in [2.75, 3.05) is 26.6 Å². The molecule has 0 bridgehead atoms. The van der Waals surface area contributed by atoms with E-state index in [9.17, 15) is 9.90 Å². The predicted molar refractivity (Wildman–Crippen MR) is 138 cm³/mol. The molecule has 5 rings (SSSR count). The van der Waals surface area contributed by atoms with E-state index in [1.165, 1.54) is 21.3 Å². The van der Waals surface area contributed by atoms with E-state index < -0.39 is 0 Å². The maximum absolute atomic E-state index is 12.9. The van der Waals surface area contributed by atoms with Crippen molar-refractivity contribution in [3.8, 4) is 45.9 Å². The van der Waals surface area contributed by atoms with E-state index in [0.29, 0.717) is 39.6 Å². The van der Waals surface area contributed by atoms with Crippen molar-refractivity contribution >= 4 is 22.4 Å². The zero-order chi connectivity index (χ0) is 25.9. The maximum atomic E-state index is 12.9. The van der Waals surface area contributed by atoms with Crippen LogP contribution in [0.5, 0.6) is 23.0 Å². The second-order valence-corrected chi connectivity index (χ2v) is 8.07. The van der Waals surface area contributed by atoms with Gasteiger partial charge in [0.05, 0.1) is 26.9 Å². The minimum absolute atomic E-state index is 0.0544. The SMILES string of the molecule is COc1cc(C(=O)Nc2ccc(-c3nnc(-c4cc5ccccc5cc4O)o3)cc2)cc(OC)c1OC. The van der Waals surface area contributed by atoms with Gasteiger partial charge in [-0.05, 0) is 59.3 Å². The first-order chi connectivity index (χ1) is 18.0. The Balaban J connectivity index is 1.35. The van der Waals surface area contributed by atoms with Crippen LogP contribution < -0.4 is 19.5 Å². The number of fused-ring (bicyclic) bond motifs is 1. The highest BCUT2D eigenvalue weighted by molar-refractivity contribution is 6.05. The number of aromatic hydroxyl groups is 1. The Morgan fingerprint density at radius 2 is 1.43 bits per heavy atom. The highest BCUT2D eigenvalue weighted by Crippen LogP contribution is 2.38. The van der Waals surface area contributed by atoms with Crippen LogP contribution in [-0.2, 0) is 0 Å². The molecule has 0 aliphatic rings. The van der Waals surface area contributed by atoms with Crippen LogP contribution in [0.25, 0.3) is 33.7 Å². The Labute approximate surface area is 212 Å². The molecule has 0 fully saturated rings. The van der Waals surface area contributed by atoms with E-state index in [2.05, 4.69) is 15.5 Å². The van der Waals surface area contributed by atoms with Crippen LogP contribution in [0, 0.1) is 0 Å². The first kappa shape index (κ1) is 23.7. The van der Waals surface area contributed by atoms with E-state index in [0.717, 1.165) is 10.8 Å². The molecule has 5 aromatic rings. The van der Waals surface area contributed by atoms with E-state index in [1.807, 2.05) is 30.3 Å². The number of nitrogens with one attached hydrogen (secondary N) is 1. The standard InChI is InChI=1S/C28H23N3O6/c1-34-23-14-19(15-24(35-2)25(23)36-3)26(33)29-20-10-8-16(9-11-20)27-30-31-28(37-27)21-12-17-6-4-5-7-18(17)13-22(21)32/h4-15,32H,1-3H3,(H,29,33). The van der Waals surface area contributed by atoms with E-state index in [1.54, 1.807) is 42.5 Å². The Morgan fingerprint density at radius 1 is 0.811 bits per heavy atom. The van der Waals surface area contributed by atoms with Crippen LogP contribution in [-0.4, -0.2) is 42.5 Å².